The van der Waals surface area contributed by atoms with Crippen molar-refractivity contribution in [2.75, 3.05) is 36.1 Å². The average Bonchev–Trinajstić information content (AvgIpc) is 3.52. The largest absolute Gasteiger partial charge is 0.420 e. The van der Waals surface area contributed by atoms with Crippen molar-refractivity contribution < 1.29 is 21.6 Å². The molecule has 1 saturated heterocycles. The van der Waals surface area contributed by atoms with Crippen LogP contribution in [-0.2, 0) is 16.0 Å². The van der Waals surface area contributed by atoms with E-state index in [2.05, 4.69) is 38.5 Å². The van der Waals surface area contributed by atoms with Gasteiger partial charge < -0.3 is 15.5 Å². The van der Waals surface area contributed by atoms with Gasteiger partial charge in [0, 0.05) is 54.9 Å². The maximum atomic E-state index is 13.7. The fourth-order valence-corrected chi connectivity index (χ4v) is 6.38. The molecule has 3 heterocycles. The summed E-state index contributed by atoms with van der Waals surface area (Å²) in [4.78, 5) is 10.5. The molecule has 2 aromatic heterocycles. The molecule has 2 fully saturated rings. The predicted octanol–water partition coefficient (Wildman–Crippen LogP) is 5.05. The lowest BCUT2D eigenvalue weighted by molar-refractivity contribution is -0.137. The summed E-state index contributed by atoms with van der Waals surface area (Å²) in [5.41, 5.74) is 1.62. The SMILES string of the molecule is CC1CN(c2ccc(Nc3ncc(C(F)(F)F)c(-c4cc(S(C)(=O)=O)cs4)n3)c(C3CC3)c2)CCN1. The van der Waals surface area contributed by atoms with E-state index in [4.69, 9.17) is 0 Å². The van der Waals surface area contributed by atoms with Gasteiger partial charge in [0.1, 0.15) is 5.56 Å². The van der Waals surface area contributed by atoms with Gasteiger partial charge in [0.25, 0.3) is 0 Å². The first-order valence-corrected chi connectivity index (χ1v) is 14.4. The molecule has 36 heavy (non-hydrogen) atoms. The van der Waals surface area contributed by atoms with Crippen LogP contribution in [-0.4, -0.2) is 50.3 Å². The highest BCUT2D eigenvalue weighted by Crippen LogP contribution is 2.45. The molecule has 1 atom stereocenters. The Bertz CT molecular complexity index is 1390. The van der Waals surface area contributed by atoms with Crippen molar-refractivity contribution in [1.29, 1.82) is 0 Å². The van der Waals surface area contributed by atoms with Gasteiger partial charge in [-0.1, -0.05) is 0 Å². The Hall–Kier alpha value is -2.70. The van der Waals surface area contributed by atoms with Gasteiger partial charge in [0.2, 0.25) is 5.95 Å². The van der Waals surface area contributed by atoms with Gasteiger partial charge in [-0.15, -0.1) is 11.3 Å². The zero-order valence-corrected chi connectivity index (χ0v) is 21.4. The first kappa shape index (κ1) is 25.0. The van der Waals surface area contributed by atoms with E-state index in [1.54, 1.807) is 0 Å². The highest BCUT2D eigenvalue weighted by molar-refractivity contribution is 7.90. The van der Waals surface area contributed by atoms with Crippen LogP contribution in [0.25, 0.3) is 10.6 Å². The molecule has 12 heteroatoms. The Morgan fingerprint density at radius 3 is 2.64 bits per heavy atom. The summed E-state index contributed by atoms with van der Waals surface area (Å²) >= 11 is 0.903. The van der Waals surface area contributed by atoms with Gasteiger partial charge in [-0.25, -0.2) is 18.4 Å². The Morgan fingerprint density at radius 1 is 1.22 bits per heavy atom. The molecule has 1 aliphatic carbocycles. The summed E-state index contributed by atoms with van der Waals surface area (Å²) in [6.07, 6.45) is -0.819. The normalized spacial score (nSPS) is 18.9. The molecular weight excluding hydrogens is 511 g/mol. The van der Waals surface area contributed by atoms with Crippen molar-refractivity contribution >= 4 is 38.5 Å². The number of hydrogen-bond acceptors (Lipinski definition) is 8. The van der Waals surface area contributed by atoms with Gasteiger partial charge >= 0.3 is 6.18 Å². The maximum Gasteiger partial charge on any atom is 0.420 e. The third kappa shape index (κ3) is 5.35. The third-order valence-corrected chi connectivity index (χ3v) is 8.54. The summed E-state index contributed by atoms with van der Waals surface area (Å²) < 4.78 is 64.9. The smallest absolute Gasteiger partial charge is 0.369 e. The first-order valence-electron chi connectivity index (χ1n) is 11.6. The molecule has 2 aliphatic rings. The summed E-state index contributed by atoms with van der Waals surface area (Å²) in [7, 11) is -3.56. The number of alkyl halides is 3. The molecule has 0 bridgehead atoms. The average molecular weight is 538 g/mol. The number of nitrogens with one attached hydrogen (secondary N) is 2. The fraction of sp³-hybridized carbons (Fsp3) is 0.417. The third-order valence-electron chi connectivity index (χ3n) is 6.36. The quantitative estimate of drug-likeness (QED) is 0.455. The number of halogens is 3. The molecule has 1 aromatic carbocycles. The molecular formula is C24H26F3N5O2S2. The van der Waals surface area contributed by atoms with Gasteiger partial charge in [-0.2, -0.15) is 13.2 Å². The topological polar surface area (TPSA) is 87.2 Å². The lowest BCUT2D eigenvalue weighted by atomic mass is 10.1. The van der Waals surface area contributed by atoms with Crippen LogP contribution < -0.4 is 15.5 Å². The molecule has 7 nitrogen and oxygen atoms in total. The number of thiophene rings is 1. The lowest BCUT2D eigenvalue weighted by Crippen LogP contribution is -2.49. The first-order chi connectivity index (χ1) is 17.0. The van der Waals surface area contributed by atoms with Gasteiger partial charge in [-0.3, -0.25) is 0 Å². The number of benzene rings is 1. The molecule has 5 rings (SSSR count). The molecule has 3 aromatic rings. The van der Waals surface area contributed by atoms with Crippen LogP contribution >= 0.6 is 11.3 Å². The number of anilines is 3. The van der Waals surface area contributed by atoms with E-state index in [9.17, 15) is 21.6 Å². The van der Waals surface area contributed by atoms with E-state index in [0.717, 1.165) is 73.2 Å². The van der Waals surface area contributed by atoms with Crippen LogP contribution in [0.3, 0.4) is 0 Å². The molecule has 1 saturated carbocycles. The van der Waals surface area contributed by atoms with Gasteiger partial charge in [-0.05, 0) is 55.5 Å². The van der Waals surface area contributed by atoms with E-state index in [0.29, 0.717) is 12.0 Å². The molecule has 0 amide bonds. The minimum Gasteiger partial charge on any atom is -0.369 e. The maximum absolute atomic E-state index is 13.7. The minimum absolute atomic E-state index is 0.0257. The predicted molar refractivity (Wildman–Crippen MR) is 135 cm³/mol. The fourth-order valence-electron chi connectivity index (χ4n) is 4.35. The summed E-state index contributed by atoms with van der Waals surface area (Å²) in [5, 5.41) is 7.88. The Morgan fingerprint density at radius 2 is 2.00 bits per heavy atom. The summed E-state index contributed by atoms with van der Waals surface area (Å²) in [6, 6.07) is 7.71. The van der Waals surface area contributed by atoms with E-state index in [1.807, 2.05) is 12.1 Å². The number of hydrogen-bond donors (Lipinski definition) is 2. The summed E-state index contributed by atoms with van der Waals surface area (Å²) in [6.45, 7) is 4.86. The molecule has 1 unspecified atom stereocenters. The highest BCUT2D eigenvalue weighted by atomic mass is 32.2. The number of piperazine rings is 1. The standard InChI is InChI=1S/C24H26F3N5O2S2/c1-14-12-32(8-7-28-14)16-5-6-20(18(9-16)15-3-4-15)30-23-29-11-19(24(25,26)27)22(31-23)21-10-17(13-35-21)36(2,33)34/h5-6,9-11,13-15,28H,3-4,7-8,12H2,1-2H3,(H,29,30,31). The van der Waals surface area contributed by atoms with E-state index < -0.39 is 21.6 Å². The zero-order chi connectivity index (χ0) is 25.7. The summed E-state index contributed by atoms with van der Waals surface area (Å²) in [5.74, 6) is 0.411. The lowest BCUT2D eigenvalue weighted by Gasteiger charge is -2.34. The second kappa shape index (κ2) is 9.31. The Kier molecular flexibility index (Phi) is 6.46. The van der Waals surface area contributed by atoms with E-state index in [1.165, 1.54) is 11.4 Å². The number of aromatic nitrogens is 2. The molecule has 0 radical (unpaired) electrons. The van der Waals surface area contributed by atoms with E-state index >= 15 is 0 Å². The van der Waals surface area contributed by atoms with E-state index in [-0.39, 0.29) is 21.4 Å². The Labute approximate surface area is 211 Å². The second-order valence-corrected chi connectivity index (χ2v) is 12.3. The molecule has 1 aliphatic heterocycles. The molecule has 192 valence electrons. The van der Waals surface area contributed by atoms with Gasteiger partial charge in [0.15, 0.2) is 9.84 Å². The monoisotopic (exact) mass is 537 g/mol. The molecule has 0 spiro atoms. The van der Waals surface area contributed by atoms with Crippen molar-refractivity contribution in [3.63, 3.8) is 0 Å². The second-order valence-electron chi connectivity index (χ2n) is 9.34. The van der Waals surface area contributed by atoms with Gasteiger partial charge in [0.05, 0.1) is 15.5 Å². The molecule has 2 N–H and O–H groups in total. The number of sulfone groups is 1. The van der Waals surface area contributed by atoms with Crippen LogP contribution in [0.1, 0.15) is 36.8 Å². The number of rotatable bonds is 6. The van der Waals surface area contributed by atoms with Crippen LogP contribution in [0.2, 0.25) is 0 Å². The van der Waals surface area contributed by atoms with Crippen LogP contribution in [0.5, 0.6) is 0 Å². The highest BCUT2D eigenvalue weighted by Gasteiger charge is 2.36. The van der Waals surface area contributed by atoms with Crippen molar-refractivity contribution in [3.05, 3.63) is 47.0 Å². The van der Waals surface area contributed by atoms with Crippen molar-refractivity contribution in [2.24, 2.45) is 0 Å². The van der Waals surface area contributed by atoms with Crippen molar-refractivity contribution in [2.45, 2.75) is 42.8 Å². The van der Waals surface area contributed by atoms with Crippen LogP contribution in [0.4, 0.5) is 30.5 Å². The van der Waals surface area contributed by atoms with Crippen molar-refractivity contribution in [3.8, 4) is 10.6 Å². The van der Waals surface area contributed by atoms with Crippen LogP contribution in [0, 0.1) is 0 Å². The number of nitrogens with zero attached hydrogens (tertiary/aromatic N) is 3. The zero-order valence-electron chi connectivity index (χ0n) is 19.8. The minimum atomic E-state index is -4.69. The van der Waals surface area contributed by atoms with Crippen LogP contribution in [0.15, 0.2) is 40.7 Å². The Balaban J connectivity index is 1.49. The van der Waals surface area contributed by atoms with Crippen molar-refractivity contribution in [1.82, 2.24) is 15.3 Å².